The van der Waals surface area contributed by atoms with Crippen LogP contribution in [0.3, 0.4) is 0 Å². The Bertz CT molecular complexity index is 434. The lowest BCUT2D eigenvalue weighted by molar-refractivity contribution is -0.384. The van der Waals surface area contributed by atoms with Crippen molar-refractivity contribution in [1.29, 1.82) is 0 Å². The molecule has 0 spiro atoms. The largest absolute Gasteiger partial charge is 0.355 e. The molecule has 0 saturated carbocycles. The monoisotopic (exact) mass is 252 g/mol. The molecule has 0 atom stereocenters. The molecule has 1 heterocycles. The van der Waals surface area contributed by atoms with Crippen LogP contribution in [0.2, 0.25) is 0 Å². The first-order valence-electron chi connectivity index (χ1n) is 5.60. The molecular formula is C11H16N4O3. The van der Waals surface area contributed by atoms with Crippen molar-refractivity contribution >= 4 is 17.4 Å². The van der Waals surface area contributed by atoms with Crippen molar-refractivity contribution in [3.63, 3.8) is 0 Å². The molecule has 1 aromatic rings. The number of carbonyl (C=O) groups is 1. The molecule has 2 N–H and O–H groups in total. The third-order valence-corrected chi connectivity index (χ3v) is 2.11. The number of rotatable bonds is 6. The SMILES string of the molecule is CC(C)CNC(=O)CNc1ncccc1[N+](=O)[O-]. The Labute approximate surface area is 105 Å². The van der Waals surface area contributed by atoms with Crippen LogP contribution in [0.4, 0.5) is 11.5 Å². The van der Waals surface area contributed by atoms with E-state index in [4.69, 9.17) is 0 Å². The fourth-order valence-electron chi connectivity index (χ4n) is 1.22. The van der Waals surface area contributed by atoms with E-state index in [-0.39, 0.29) is 24.0 Å². The van der Waals surface area contributed by atoms with Crippen molar-refractivity contribution in [1.82, 2.24) is 10.3 Å². The summed E-state index contributed by atoms with van der Waals surface area (Å²) in [5.41, 5.74) is -0.144. The summed E-state index contributed by atoms with van der Waals surface area (Å²) in [6, 6.07) is 2.81. The van der Waals surface area contributed by atoms with Gasteiger partial charge < -0.3 is 10.6 Å². The third-order valence-electron chi connectivity index (χ3n) is 2.11. The summed E-state index contributed by atoms with van der Waals surface area (Å²) in [6.07, 6.45) is 1.43. The van der Waals surface area contributed by atoms with Crippen LogP contribution in [0.15, 0.2) is 18.3 Å². The lowest BCUT2D eigenvalue weighted by atomic mass is 10.2. The molecule has 7 heteroatoms. The number of nitrogens with zero attached hydrogens (tertiary/aromatic N) is 2. The van der Waals surface area contributed by atoms with Gasteiger partial charge in [-0.15, -0.1) is 0 Å². The fourth-order valence-corrected chi connectivity index (χ4v) is 1.22. The number of hydrogen-bond acceptors (Lipinski definition) is 5. The second-order valence-electron chi connectivity index (χ2n) is 4.18. The molecule has 0 aliphatic heterocycles. The molecule has 7 nitrogen and oxygen atoms in total. The zero-order chi connectivity index (χ0) is 13.5. The van der Waals surface area contributed by atoms with Crippen molar-refractivity contribution in [3.8, 4) is 0 Å². The molecule has 1 rings (SSSR count). The average molecular weight is 252 g/mol. The van der Waals surface area contributed by atoms with E-state index >= 15 is 0 Å². The number of nitro groups is 1. The van der Waals surface area contributed by atoms with Gasteiger partial charge in [-0.25, -0.2) is 4.98 Å². The van der Waals surface area contributed by atoms with Gasteiger partial charge in [0.25, 0.3) is 0 Å². The minimum atomic E-state index is -0.540. The summed E-state index contributed by atoms with van der Waals surface area (Å²) in [4.78, 5) is 25.4. The maximum Gasteiger partial charge on any atom is 0.311 e. The Morgan fingerprint density at radius 2 is 2.28 bits per heavy atom. The minimum absolute atomic E-state index is 0.0371. The molecule has 0 radical (unpaired) electrons. The van der Waals surface area contributed by atoms with E-state index in [1.807, 2.05) is 13.8 Å². The first-order chi connectivity index (χ1) is 8.50. The van der Waals surface area contributed by atoms with Crippen LogP contribution < -0.4 is 10.6 Å². The Hall–Kier alpha value is -2.18. The van der Waals surface area contributed by atoms with Crippen molar-refractivity contribution < 1.29 is 9.72 Å². The quantitative estimate of drug-likeness (QED) is 0.585. The zero-order valence-electron chi connectivity index (χ0n) is 10.3. The Morgan fingerprint density at radius 3 is 2.89 bits per heavy atom. The van der Waals surface area contributed by atoms with E-state index in [0.717, 1.165) is 0 Å². The molecule has 0 aliphatic carbocycles. The molecule has 0 unspecified atom stereocenters. The van der Waals surface area contributed by atoms with Crippen molar-refractivity contribution in [3.05, 3.63) is 28.4 Å². The van der Waals surface area contributed by atoms with Gasteiger partial charge in [-0.05, 0) is 12.0 Å². The van der Waals surface area contributed by atoms with E-state index < -0.39 is 4.92 Å². The molecule has 0 saturated heterocycles. The van der Waals surface area contributed by atoms with E-state index in [0.29, 0.717) is 12.5 Å². The number of pyridine rings is 1. The predicted octanol–water partition coefficient (Wildman–Crippen LogP) is 1.17. The average Bonchev–Trinajstić information content (AvgIpc) is 2.34. The smallest absolute Gasteiger partial charge is 0.311 e. The summed E-state index contributed by atoms with van der Waals surface area (Å²) in [5, 5.41) is 16.1. The number of anilines is 1. The van der Waals surface area contributed by atoms with Crippen LogP contribution in [0.5, 0.6) is 0 Å². The maximum absolute atomic E-state index is 11.4. The normalized spacial score (nSPS) is 10.2. The molecular weight excluding hydrogens is 236 g/mol. The van der Waals surface area contributed by atoms with E-state index in [1.165, 1.54) is 18.3 Å². The summed E-state index contributed by atoms with van der Waals surface area (Å²) in [7, 11) is 0. The summed E-state index contributed by atoms with van der Waals surface area (Å²) >= 11 is 0. The van der Waals surface area contributed by atoms with Crippen LogP contribution in [0.25, 0.3) is 0 Å². The van der Waals surface area contributed by atoms with Crippen molar-refractivity contribution in [2.24, 2.45) is 5.92 Å². The van der Waals surface area contributed by atoms with Crippen LogP contribution in [-0.4, -0.2) is 28.9 Å². The number of nitrogens with one attached hydrogen (secondary N) is 2. The molecule has 98 valence electrons. The second-order valence-corrected chi connectivity index (χ2v) is 4.18. The molecule has 1 aromatic heterocycles. The number of hydrogen-bond donors (Lipinski definition) is 2. The molecule has 0 aliphatic rings. The minimum Gasteiger partial charge on any atom is -0.355 e. The van der Waals surface area contributed by atoms with E-state index in [9.17, 15) is 14.9 Å². The Morgan fingerprint density at radius 1 is 1.56 bits per heavy atom. The summed E-state index contributed by atoms with van der Waals surface area (Å²) in [5.74, 6) is 0.240. The highest BCUT2D eigenvalue weighted by atomic mass is 16.6. The topological polar surface area (TPSA) is 97.2 Å². The highest BCUT2D eigenvalue weighted by molar-refractivity contribution is 5.81. The van der Waals surface area contributed by atoms with Crippen molar-refractivity contribution in [2.75, 3.05) is 18.4 Å². The highest BCUT2D eigenvalue weighted by Gasteiger charge is 2.14. The van der Waals surface area contributed by atoms with Crippen LogP contribution >= 0.6 is 0 Å². The van der Waals surface area contributed by atoms with Gasteiger partial charge in [0.1, 0.15) is 0 Å². The van der Waals surface area contributed by atoms with Crippen LogP contribution in [-0.2, 0) is 4.79 Å². The second kappa shape index (κ2) is 6.53. The molecule has 1 amide bonds. The lowest BCUT2D eigenvalue weighted by Crippen LogP contribution is -2.32. The summed E-state index contributed by atoms with van der Waals surface area (Å²) < 4.78 is 0. The van der Waals surface area contributed by atoms with Crippen LogP contribution in [0.1, 0.15) is 13.8 Å². The first-order valence-corrected chi connectivity index (χ1v) is 5.60. The van der Waals surface area contributed by atoms with E-state index in [2.05, 4.69) is 15.6 Å². The van der Waals surface area contributed by atoms with Gasteiger partial charge in [0.2, 0.25) is 11.7 Å². The van der Waals surface area contributed by atoms with Gasteiger partial charge in [0, 0.05) is 18.8 Å². The van der Waals surface area contributed by atoms with Gasteiger partial charge in [0.15, 0.2) is 0 Å². The third kappa shape index (κ3) is 4.36. The Balaban J connectivity index is 2.53. The van der Waals surface area contributed by atoms with Gasteiger partial charge in [-0.2, -0.15) is 0 Å². The van der Waals surface area contributed by atoms with Gasteiger partial charge in [0.05, 0.1) is 11.5 Å². The van der Waals surface area contributed by atoms with Gasteiger partial charge in [-0.1, -0.05) is 13.8 Å². The first kappa shape index (κ1) is 13.9. The van der Waals surface area contributed by atoms with Crippen LogP contribution in [0, 0.1) is 16.0 Å². The molecule has 18 heavy (non-hydrogen) atoms. The van der Waals surface area contributed by atoms with Gasteiger partial charge in [-0.3, -0.25) is 14.9 Å². The molecule has 0 bridgehead atoms. The highest BCUT2D eigenvalue weighted by Crippen LogP contribution is 2.19. The standard InChI is InChI=1S/C11H16N4O3/c1-8(2)6-13-10(16)7-14-11-9(15(17)18)4-3-5-12-11/h3-5,8H,6-7H2,1-2H3,(H,12,14)(H,13,16). The number of amides is 1. The fraction of sp³-hybridized carbons (Fsp3) is 0.455. The summed E-state index contributed by atoms with van der Waals surface area (Å²) in [6.45, 7) is 4.50. The lowest BCUT2D eigenvalue weighted by Gasteiger charge is -2.08. The predicted molar refractivity (Wildman–Crippen MR) is 67.2 cm³/mol. The number of aromatic nitrogens is 1. The Kier molecular flexibility index (Phi) is 5.04. The van der Waals surface area contributed by atoms with E-state index in [1.54, 1.807) is 0 Å². The maximum atomic E-state index is 11.4. The molecule has 0 fully saturated rings. The zero-order valence-corrected chi connectivity index (χ0v) is 10.3. The van der Waals surface area contributed by atoms with Crippen molar-refractivity contribution in [2.45, 2.75) is 13.8 Å². The van der Waals surface area contributed by atoms with Gasteiger partial charge >= 0.3 is 5.69 Å². The number of carbonyl (C=O) groups excluding carboxylic acids is 1. The molecule has 0 aromatic carbocycles.